The molecule has 3 aromatic carbocycles. The molecule has 0 bridgehead atoms. The smallest absolute Gasteiger partial charge is 0.254 e. The average molecular weight is 503 g/mol. The fraction of sp³-hybridized carbons (Fsp3) is 0.333. The van der Waals surface area contributed by atoms with Crippen molar-refractivity contribution in [3.05, 3.63) is 82.9 Å². The van der Waals surface area contributed by atoms with Gasteiger partial charge in [-0.3, -0.25) is 9.59 Å². The highest BCUT2D eigenvalue weighted by molar-refractivity contribution is 6.05. The van der Waals surface area contributed by atoms with Crippen LogP contribution < -0.4 is 19.1 Å². The number of fused-ring (bicyclic) bond motifs is 1. The van der Waals surface area contributed by atoms with E-state index < -0.39 is 12.0 Å². The van der Waals surface area contributed by atoms with Gasteiger partial charge in [0, 0.05) is 24.8 Å². The summed E-state index contributed by atoms with van der Waals surface area (Å²) in [6.07, 6.45) is 0.785. The summed E-state index contributed by atoms with van der Waals surface area (Å²) < 4.78 is 16.4. The van der Waals surface area contributed by atoms with Crippen LogP contribution >= 0.6 is 0 Å². The fourth-order valence-electron chi connectivity index (χ4n) is 5.09. The highest BCUT2D eigenvalue weighted by Crippen LogP contribution is 2.47. The number of methoxy groups -OCH3 is 3. The first-order valence-corrected chi connectivity index (χ1v) is 12.4. The lowest BCUT2D eigenvalue weighted by molar-refractivity contribution is -0.121. The van der Waals surface area contributed by atoms with Crippen LogP contribution in [-0.2, 0) is 4.79 Å². The zero-order chi connectivity index (χ0) is 26.7. The summed E-state index contributed by atoms with van der Waals surface area (Å²) in [5.41, 5.74) is 3.81. The first-order chi connectivity index (χ1) is 17.8. The van der Waals surface area contributed by atoms with E-state index in [9.17, 15) is 9.59 Å². The second-order valence-corrected chi connectivity index (χ2v) is 9.24. The van der Waals surface area contributed by atoms with Crippen molar-refractivity contribution in [1.82, 2.24) is 4.90 Å². The summed E-state index contributed by atoms with van der Waals surface area (Å²) in [6.45, 7) is 4.61. The molecule has 1 aliphatic heterocycles. The Hall–Kier alpha value is -4.00. The van der Waals surface area contributed by atoms with Crippen LogP contribution in [-0.4, -0.2) is 51.6 Å². The van der Waals surface area contributed by atoms with Gasteiger partial charge in [-0.1, -0.05) is 31.2 Å². The normalized spacial score (nSPS) is 16.7. The fourth-order valence-corrected chi connectivity index (χ4v) is 5.09. The first kappa shape index (κ1) is 26.1. The molecule has 0 spiro atoms. The Morgan fingerprint density at radius 3 is 2.22 bits per heavy atom. The van der Waals surface area contributed by atoms with Crippen LogP contribution in [0.25, 0.3) is 0 Å². The maximum absolute atomic E-state index is 14.6. The molecule has 194 valence electrons. The number of carbonyl (C=O) groups excluding carboxylic acids is 2. The molecule has 3 aromatic rings. The second kappa shape index (κ2) is 10.9. The highest BCUT2D eigenvalue weighted by atomic mass is 16.5. The third-order valence-electron chi connectivity index (χ3n) is 6.92. The number of aryl methyl sites for hydroxylation is 1. The van der Waals surface area contributed by atoms with Gasteiger partial charge in [0.15, 0.2) is 11.5 Å². The van der Waals surface area contributed by atoms with Crippen LogP contribution in [0.5, 0.6) is 17.2 Å². The van der Waals surface area contributed by atoms with Crippen molar-refractivity contribution in [2.45, 2.75) is 32.2 Å². The Morgan fingerprint density at radius 1 is 0.946 bits per heavy atom. The van der Waals surface area contributed by atoms with Gasteiger partial charge in [0.25, 0.3) is 5.91 Å². The molecular formula is C30H34N2O5. The molecule has 7 nitrogen and oxygen atoms in total. The second-order valence-electron chi connectivity index (χ2n) is 9.24. The zero-order valence-corrected chi connectivity index (χ0v) is 22.3. The van der Waals surface area contributed by atoms with Crippen LogP contribution in [0.1, 0.15) is 52.4 Å². The SMILES string of the molecule is CCCN(C(=O)[C@H]1c2cc(OC)c(OC)cc2C(=O)N(C)[C@H]1c1ccc(OC)cc1)c1cccc(C)c1. The van der Waals surface area contributed by atoms with Crippen molar-refractivity contribution in [1.29, 1.82) is 0 Å². The van der Waals surface area contributed by atoms with E-state index in [1.165, 1.54) is 7.11 Å². The van der Waals surface area contributed by atoms with E-state index in [0.29, 0.717) is 34.9 Å². The Balaban J connectivity index is 1.94. The van der Waals surface area contributed by atoms with Crippen molar-refractivity contribution in [2.24, 2.45) is 0 Å². The minimum absolute atomic E-state index is 0.0823. The number of carbonyl (C=O) groups is 2. The van der Waals surface area contributed by atoms with Gasteiger partial charge in [0.1, 0.15) is 5.75 Å². The quantitative estimate of drug-likeness (QED) is 0.414. The summed E-state index contributed by atoms with van der Waals surface area (Å²) >= 11 is 0. The molecule has 2 atom stereocenters. The lowest BCUT2D eigenvalue weighted by Gasteiger charge is -2.42. The number of hydrogen-bond acceptors (Lipinski definition) is 5. The minimum Gasteiger partial charge on any atom is -0.497 e. The molecule has 1 aliphatic rings. The van der Waals surface area contributed by atoms with E-state index in [4.69, 9.17) is 14.2 Å². The van der Waals surface area contributed by atoms with Crippen LogP contribution in [0.2, 0.25) is 0 Å². The third kappa shape index (κ3) is 4.86. The number of nitrogens with zero attached hydrogens (tertiary/aromatic N) is 2. The van der Waals surface area contributed by atoms with E-state index in [1.807, 2.05) is 60.4 Å². The molecule has 0 fully saturated rings. The molecule has 0 radical (unpaired) electrons. The average Bonchev–Trinajstić information content (AvgIpc) is 2.92. The molecule has 0 saturated carbocycles. The van der Waals surface area contributed by atoms with Crippen LogP contribution in [0, 0.1) is 6.92 Å². The maximum atomic E-state index is 14.6. The van der Waals surface area contributed by atoms with Gasteiger partial charge in [-0.15, -0.1) is 0 Å². The number of rotatable bonds is 8. The lowest BCUT2D eigenvalue weighted by Crippen LogP contribution is -2.47. The summed E-state index contributed by atoms with van der Waals surface area (Å²) in [5, 5.41) is 0. The van der Waals surface area contributed by atoms with Crippen LogP contribution in [0.4, 0.5) is 5.69 Å². The molecule has 0 unspecified atom stereocenters. The molecule has 2 amide bonds. The molecule has 0 N–H and O–H groups in total. The van der Waals surface area contributed by atoms with E-state index in [2.05, 4.69) is 6.92 Å². The number of hydrogen-bond donors (Lipinski definition) is 0. The van der Waals surface area contributed by atoms with E-state index >= 15 is 0 Å². The topological polar surface area (TPSA) is 68.3 Å². The number of amides is 2. The van der Waals surface area contributed by atoms with Crippen molar-refractivity contribution in [3.63, 3.8) is 0 Å². The predicted octanol–water partition coefficient (Wildman–Crippen LogP) is 5.37. The Kier molecular flexibility index (Phi) is 7.71. The van der Waals surface area contributed by atoms with Gasteiger partial charge < -0.3 is 24.0 Å². The standard InChI is InChI=1S/C30H34N2O5/c1-7-15-32(21-10-8-9-19(2)16-21)30(34)27-23-17-25(36-5)26(37-6)18-24(23)29(33)31(3)28(27)20-11-13-22(35-4)14-12-20/h8-14,16-18,27-28H,7,15H2,1-6H3/t27-,28-/m0/s1. The molecule has 0 aliphatic carbocycles. The molecule has 37 heavy (non-hydrogen) atoms. The highest BCUT2D eigenvalue weighted by Gasteiger charge is 2.45. The Bertz CT molecular complexity index is 1290. The van der Waals surface area contributed by atoms with E-state index in [0.717, 1.165) is 23.2 Å². The Morgan fingerprint density at radius 2 is 1.62 bits per heavy atom. The van der Waals surface area contributed by atoms with Gasteiger partial charge in [0.2, 0.25) is 5.91 Å². The van der Waals surface area contributed by atoms with Crippen LogP contribution in [0.15, 0.2) is 60.7 Å². The predicted molar refractivity (Wildman–Crippen MR) is 144 cm³/mol. The lowest BCUT2D eigenvalue weighted by atomic mass is 9.78. The minimum atomic E-state index is -0.669. The number of anilines is 1. The molecule has 0 saturated heterocycles. The molecule has 7 heteroatoms. The number of likely N-dealkylation sites (N-methyl/N-ethyl adjacent to an activating group) is 1. The first-order valence-electron chi connectivity index (χ1n) is 12.4. The number of benzene rings is 3. The summed E-state index contributed by atoms with van der Waals surface area (Å²) in [6, 6.07) is 18.4. The van der Waals surface area contributed by atoms with Crippen LogP contribution in [0.3, 0.4) is 0 Å². The van der Waals surface area contributed by atoms with Gasteiger partial charge in [-0.25, -0.2) is 0 Å². The summed E-state index contributed by atoms with van der Waals surface area (Å²) in [4.78, 5) is 31.7. The van der Waals surface area contributed by atoms with Gasteiger partial charge in [-0.2, -0.15) is 0 Å². The third-order valence-corrected chi connectivity index (χ3v) is 6.92. The van der Waals surface area contributed by atoms with Crippen molar-refractivity contribution in [3.8, 4) is 17.2 Å². The van der Waals surface area contributed by atoms with Crippen molar-refractivity contribution >= 4 is 17.5 Å². The van der Waals surface area contributed by atoms with Crippen molar-refractivity contribution in [2.75, 3.05) is 39.8 Å². The van der Waals surface area contributed by atoms with Gasteiger partial charge >= 0.3 is 0 Å². The van der Waals surface area contributed by atoms with E-state index in [-0.39, 0.29) is 11.8 Å². The van der Waals surface area contributed by atoms with Gasteiger partial charge in [0.05, 0.1) is 33.3 Å². The zero-order valence-electron chi connectivity index (χ0n) is 22.3. The van der Waals surface area contributed by atoms with E-state index in [1.54, 1.807) is 38.3 Å². The largest absolute Gasteiger partial charge is 0.497 e. The maximum Gasteiger partial charge on any atom is 0.254 e. The monoisotopic (exact) mass is 502 g/mol. The summed E-state index contributed by atoms with van der Waals surface area (Å²) in [7, 11) is 6.44. The molecular weight excluding hydrogens is 468 g/mol. The Labute approximate surface area is 218 Å². The number of ether oxygens (including phenoxy) is 3. The van der Waals surface area contributed by atoms with Crippen molar-refractivity contribution < 1.29 is 23.8 Å². The molecule has 4 rings (SSSR count). The van der Waals surface area contributed by atoms with Gasteiger partial charge in [-0.05, 0) is 66.4 Å². The molecule has 1 heterocycles. The molecule has 0 aromatic heterocycles. The summed E-state index contributed by atoms with van der Waals surface area (Å²) in [5.74, 6) is 0.691.